The van der Waals surface area contributed by atoms with Crippen molar-refractivity contribution in [3.05, 3.63) is 105 Å². The van der Waals surface area contributed by atoms with Crippen molar-refractivity contribution in [2.45, 2.75) is 62.9 Å². The number of fused-ring (bicyclic) bond motifs is 1. The summed E-state index contributed by atoms with van der Waals surface area (Å²) >= 11 is 0. The number of anilines is 2. The lowest BCUT2D eigenvalue weighted by Crippen LogP contribution is -2.31. The maximum atomic E-state index is 13.5. The van der Waals surface area contributed by atoms with Crippen molar-refractivity contribution >= 4 is 30.9 Å². The number of H-pyrrole nitrogens is 1. The molecule has 19 nitrogen and oxygen atoms in total. The molecule has 0 saturated carbocycles. The summed E-state index contributed by atoms with van der Waals surface area (Å²) < 4.78 is 51.7. The van der Waals surface area contributed by atoms with E-state index in [0.717, 1.165) is 15.7 Å². The first-order valence-corrected chi connectivity index (χ1v) is 17.8. The van der Waals surface area contributed by atoms with Crippen LogP contribution in [-0.4, -0.2) is 76.6 Å². The Labute approximate surface area is 295 Å². The van der Waals surface area contributed by atoms with Gasteiger partial charge in [0.2, 0.25) is 11.9 Å². The fraction of sp³-hybridized carbons (Fsp3) is 0.375. The van der Waals surface area contributed by atoms with E-state index in [1.165, 1.54) is 12.7 Å². The average Bonchev–Trinajstić information content (AvgIpc) is 3.84. The van der Waals surface area contributed by atoms with Gasteiger partial charge in [0.15, 0.2) is 11.2 Å². The molecule has 7 atom stereocenters. The average molecular weight is 738 g/mol. The van der Waals surface area contributed by atoms with E-state index in [2.05, 4.69) is 24.9 Å². The maximum Gasteiger partial charge on any atom is 0.472 e. The Bertz CT molecular complexity index is 2150. The molecule has 2 aliphatic heterocycles. The van der Waals surface area contributed by atoms with Crippen molar-refractivity contribution in [1.29, 1.82) is 0 Å². The summed E-state index contributed by atoms with van der Waals surface area (Å²) in [6.07, 6.45) is -2.28. The number of phosphoric acid groups is 1. The van der Waals surface area contributed by atoms with Gasteiger partial charge in [0, 0.05) is 12.8 Å². The van der Waals surface area contributed by atoms with E-state index in [4.69, 9.17) is 39.5 Å². The summed E-state index contributed by atoms with van der Waals surface area (Å²) in [4.78, 5) is 54.2. The van der Waals surface area contributed by atoms with Gasteiger partial charge in [-0.25, -0.2) is 19.3 Å². The van der Waals surface area contributed by atoms with Crippen LogP contribution in [0.4, 0.5) is 11.9 Å². The van der Waals surface area contributed by atoms with Crippen LogP contribution in [0.15, 0.2) is 82.9 Å². The Hall–Kier alpha value is -4.85. The molecular weight excluding hydrogens is 701 g/mol. The van der Waals surface area contributed by atoms with Gasteiger partial charge in [-0.3, -0.25) is 28.0 Å². The molecule has 2 aliphatic rings. The lowest BCUT2D eigenvalue weighted by atomic mass is 10.1. The summed E-state index contributed by atoms with van der Waals surface area (Å²) in [7, 11) is -4.80. The number of hydrogen-bond acceptors (Lipinski definition) is 15. The van der Waals surface area contributed by atoms with Crippen molar-refractivity contribution in [3.8, 4) is 0 Å². The van der Waals surface area contributed by atoms with Gasteiger partial charge in [0.05, 0.1) is 38.9 Å². The SMILES string of the molecule is Nc1ncn([C@H]2CC(OP(=O)(O)OC[C@H]3O[C@@H](n4cnc5c(=O)[nH]c(N)nc54)C[C@H]3OCc3ccccc3)[C@@H](COCc3ccccc3)O2)c(=O)n1. The third kappa shape index (κ3) is 8.27. The Kier molecular flexibility index (Phi) is 10.5. The second-order valence-electron chi connectivity index (χ2n) is 12.2. The highest BCUT2D eigenvalue weighted by molar-refractivity contribution is 7.47. The number of benzene rings is 2. The Morgan fingerprint density at radius 1 is 0.846 bits per heavy atom. The zero-order valence-corrected chi connectivity index (χ0v) is 28.4. The van der Waals surface area contributed by atoms with Crippen LogP contribution in [0.5, 0.6) is 0 Å². The monoisotopic (exact) mass is 737 g/mol. The van der Waals surface area contributed by atoms with Crippen LogP contribution in [0.2, 0.25) is 0 Å². The van der Waals surface area contributed by atoms with E-state index in [1.807, 2.05) is 60.7 Å². The Balaban J connectivity index is 1.05. The molecule has 2 unspecified atom stereocenters. The number of nitrogen functional groups attached to an aromatic ring is 2. The second-order valence-corrected chi connectivity index (χ2v) is 13.6. The van der Waals surface area contributed by atoms with Gasteiger partial charge in [-0.1, -0.05) is 60.7 Å². The van der Waals surface area contributed by atoms with Crippen molar-refractivity contribution < 1.29 is 37.5 Å². The molecule has 274 valence electrons. The molecule has 2 aromatic carbocycles. The topological polar surface area (TPSA) is 256 Å². The van der Waals surface area contributed by atoms with Gasteiger partial charge in [-0.15, -0.1) is 0 Å². The normalized spacial score (nSPS) is 24.3. The third-order valence-corrected chi connectivity index (χ3v) is 9.56. The second kappa shape index (κ2) is 15.4. The molecule has 0 radical (unpaired) electrons. The number of nitrogens with two attached hydrogens (primary N) is 2. The first-order chi connectivity index (χ1) is 25.1. The number of nitrogens with one attached hydrogen (secondary N) is 1. The number of imidazole rings is 1. The molecule has 2 fully saturated rings. The van der Waals surface area contributed by atoms with Gasteiger partial charge in [0.1, 0.15) is 37.1 Å². The first-order valence-electron chi connectivity index (χ1n) is 16.3. The van der Waals surface area contributed by atoms with Gasteiger partial charge in [-0.2, -0.15) is 9.97 Å². The summed E-state index contributed by atoms with van der Waals surface area (Å²) in [5, 5.41) is 0. The highest BCUT2D eigenvalue weighted by Crippen LogP contribution is 2.49. The lowest BCUT2D eigenvalue weighted by Gasteiger charge is -2.23. The summed E-state index contributed by atoms with van der Waals surface area (Å²) in [5.41, 5.74) is 12.2. The van der Waals surface area contributed by atoms with Crippen molar-refractivity contribution in [2.24, 2.45) is 0 Å². The minimum Gasteiger partial charge on any atom is -0.374 e. The minimum atomic E-state index is -4.80. The minimum absolute atomic E-state index is 0.0335. The molecule has 5 heterocycles. The smallest absolute Gasteiger partial charge is 0.374 e. The molecule has 20 heteroatoms. The first kappa shape index (κ1) is 35.5. The summed E-state index contributed by atoms with van der Waals surface area (Å²) in [6.45, 7) is 0.0117. The standard InChI is InChI=1S/C32H36N9O10P/c33-30-36-18-41(32(43)39-30)26-12-22(23(49-26)15-46-13-19-7-3-1-4-8-19)51-52(44,45)48-16-24-21(47-14-20-9-5-2-6-10-20)11-25(50-24)40-17-35-27-28(40)37-31(34)38-29(27)42/h1-10,17-18,21-26H,11-16H2,(H,44,45)(H2,33,39,43)(H3,34,37,38,42)/t21-,22?,23-,24-,25-,26-/m1/s1. The van der Waals surface area contributed by atoms with Crippen molar-refractivity contribution in [3.63, 3.8) is 0 Å². The molecule has 3 aromatic heterocycles. The lowest BCUT2D eigenvalue weighted by molar-refractivity contribution is -0.0752. The summed E-state index contributed by atoms with van der Waals surface area (Å²) in [5.74, 6) is -0.302. The number of hydrogen-bond donors (Lipinski definition) is 4. The van der Waals surface area contributed by atoms with E-state index in [0.29, 0.717) is 0 Å². The number of aromatic nitrogens is 7. The van der Waals surface area contributed by atoms with E-state index < -0.39 is 62.6 Å². The molecule has 7 rings (SSSR count). The predicted octanol–water partition coefficient (Wildman–Crippen LogP) is 1.82. The van der Waals surface area contributed by atoms with E-state index >= 15 is 0 Å². The highest BCUT2D eigenvalue weighted by Gasteiger charge is 2.44. The van der Waals surface area contributed by atoms with Crippen molar-refractivity contribution in [2.75, 3.05) is 24.7 Å². The fourth-order valence-electron chi connectivity index (χ4n) is 6.05. The van der Waals surface area contributed by atoms with Gasteiger partial charge in [-0.05, 0) is 11.1 Å². The highest BCUT2D eigenvalue weighted by atomic mass is 31.2. The van der Waals surface area contributed by atoms with Crippen LogP contribution in [0.1, 0.15) is 36.4 Å². The van der Waals surface area contributed by atoms with Crippen LogP contribution < -0.4 is 22.7 Å². The number of nitrogens with zero attached hydrogens (tertiary/aromatic N) is 6. The predicted molar refractivity (Wildman–Crippen MR) is 182 cm³/mol. The van der Waals surface area contributed by atoms with Gasteiger partial charge < -0.3 is 35.3 Å². The molecule has 6 N–H and O–H groups in total. The van der Waals surface area contributed by atoms with Gasteiger partial charge >= 0.3 is 13.5 Å². The molecule has 0 amide bonds. The van der Waals surface area contributed by atoms with Crippen LogP contribution >= 0.6 is 7.82 Å². The molecule has 0 aliphatic carbocycles. The van der Waals surface area contributed by atoms with Crippen molar-refractivity contribution in [1.82, 2.24) is 34.1 Å². The van der Waals surface area contributed by atoms with E-state index in [-0.39, 0.29) is 55.7 Å². The number of phosphoric ester groups is 1. The third-order valence-electron chi connectivity index (χ3n) is 8.55. The van der Waals surface area contributed by atoms with Crippen LogP contribution in [-0.2, 0) is 45.8 Å². The van der Waals surface area contributed by atoms with Crippen LogP contribution in [0, 0.1) is 0 Å². The number of aromatic amines is 1. The number of ether oxygens (including phenoxy) is 4. The molecular formula is C32H36N9O10P. The zero-order valence-electron chi connectivity index (χ0n) is 27.5. The molecule has 0 spiro atoms. The Morgan fingerprint density at radius 2 is 1.48 bits per heavy atom. The molecule has 52 heavy (non-hydrogen) atoms. The van der Waals surface area contributed by atoms with Gasteiger partial charge in [0.25, 0.3) is 5.56 Å². The molecule has 5 aromatic rings. The van der Waals surface area contributed by atoms with E-state index in [9.17, 15) is 19.0 Å². The maximum absolute atomic E-state index is 13.5. The number of rotatable bonds is 14. The largest absolute Gasteiger partial charge is 0.472 e. The Morgan fingerprint density at radius 3 is 2.19 bits per heavy atom. The van der Waals surface area contributed by atoms with E-state index in [1.54, 1.807) is 4.57 Å². The van der Waals surface area contributed by atoms with Crippen LogP contribution in [0.3, 0.4) is 0 Å². The fourth-order valence-corrected chi connectivity index (χ4v) is 7.01. The quantitative estimate of drug-likeness (QED) is 0.119. The molecule has 0 bridgehead atoms. The summed E-state index contributed by atoms with van der Waals surface area (Å²) in [6, 6.07) is 18.9. The zero-order chi connectivity index (χ0) is 36.2. The molecule has 2 saturated heterocycles. The van der Waals surface area contributed by atoms with Crippen LogP contribution in [0.25, 0.3) is 11.2 Å².